The number of esters is 1. The number of carbonyl (C=O) groups is 2. The minimum Gasteiger partial charge on any atom is -0.466 e. The molecule has 0 spiro atoms. The Balaban J connectivity index is 3.43. The summed E-state index contributed by atoms with van der Waals surface area (Å²) in [4.78, 5) is 24.5. The maximum Gasteiger partial charge on any atom is 0.305 e. The first-order valence-corrected chi connectivity index (χ1v) is 27.8. The molecule has 6 heteroatoms. The van der Waals surface area contributed by atoms with Crippen LogP contribution in [0, 0.1) is 0 Å². The number of rotatable bonds is 51. The predicted molar refractivity (Wildman–Crippen MR) is 273 cm³/mol. The molecule has 0 rings (SSSR count). The van der Waals surface area contributed by atoms with Crippen molar-refractivity contribution in [1.29, 1.82) is 0 Å². The van der Waals surface area contributed by atoms with Gasteiger partial charge in [0.25, 0.3) is 0 Å². The van der Waals surface area contributed by atoms with Crippen LogP contribution in [0.4, 0.5) is 0 Å². The lowest BCUT2D eigenvalue weighted by Gasteiger charge is -2.20. The zero-order valence-electron chi connectivity index (χ0n) is 42.1. The van der Waals surface area contributed by atoms with Gasteiger partial charge in [0.15, 0.2) is 0 Å². The standard InChI is InChI=1S/C57H107NO5/c1-3-5-7-9-11-13-15-17-18-19-20-24-27-31-35-39-43-47-51-57(62)63-52-48-44-40-36-32-28-25-22-21-23-26-30-34-38-42-46-50-56(61)58-54(53-59)55(60)49-45-41-37-33-29-16-14-12-10-8-6-4-2/h13,15,18-19,45,49,54-55,59-60H,3-12,14,16-17,20-44,46-48,50-53H2,1-2H3,(H,58,61)/b15-13-,19-18-,49-45+. The summed E-state index contributed by atoms with van der Waals surface area (Å²) in [7, 11) is 0. The van der Waals surface area contributed by atoms with Crippen molar-refractivity contribution in [3.05, 3.63) is 36.5 Å². The second-order valence-electron chi connectivity index (χ2n) is 18.9. The highest BCUT2D eigenvalue weighted by molar-refractivity contribution is 5.76. The lowest BCUT2D eigenvalue weighted by molar-refractivity contribution is -0.143. The molecule has 0 radical (unpaired) electrons. The summed E-state index contributed by atoms with van der Waals surface area (Å²) in [6, 6.07) is -0.632. The number of amides is 1. The molecule has 0 saturated heterocycles. The maximum absolute atomic E-state index is 12.4. The van der Waals surface area contributed by atoms with Gasteiger partial charge in [-0.2, -0.15) is 0 Å². The van der Waals surface area contributed by atoms with Gasteiger partial charge in [0.2, 0.25) is 5.91 Å². The van der Waals surface area contributed by atoms with E-state index in [4.69, 9.17) is 4.74 Å². The van der Waals surface area contributed by atoms with Gasteiger partial charge < -0.3 is 20.3 Å². The van der Waals surface area contributed by atoms with Crippen LogP contribution in [-0.4, -0.2) is 47.4 Å². The van der Waals surface area contributed by atoms with E-state index in [2.05, 4.69) is 43.5 Å². The molecule has 0 aliphatic carbocycles. The summed E-state index contributed by atoms with van der Waals surface area (Å²) in [5.74, 6) is -0.0816. The van der Waals surface area contributed by atoms with Crippen molar-refractivity contribution in [3.8, 4) is 0 Å². The molecule has 63 heavy (non-hydrogen) atoms. The van der Waals surface area contributed by atoms with Gasteiger partial charge in [0.1, 0.15) is 0 Å². The summed E-state index contributed by atoms with van der Waals surface area (Å²) in [6.45, 7) is 4.86. The molecular weight excluding hydrogens is 779 g/mol. The third-order valence-electron chi connectivity index (χ3n) is 12.7. The Hall–Kier alpha value is -1.92. The van der Waals surface area contributed by atoms with Crippen LogP contribution in [0.3, 0.4) is 0 Å². The molecule has 0 aliphatic heterocycles. The molecule has 3 N–H and O–H groups in total. The lowest BCUT2D eigenvalue weighted by atomic mass is 10.0. The average Bonchev–Trinajstić information content (AvgIpc) is 3.28. The van der Waals surface area contributed by atoms with E-state index in [9.17, 15) is 19.8 Å². The highest BCUT2D eigenvalue weighted by atomic mass is 16.5. The molecule has 2 unspecified atom stereocenters. The van der Waals surface area contributed by atoms with Gasteiger partial charge in [-0.15, -0.1) is 0 Å². The molecule has 0 aliphatic rings. The first-order valence-electron chi connectivity index (χ1n) is 27.8. The van der Waals surface area contributed by atoms with Crippen LogP contribution in [0.1, 0.15) is 290 Å². The summed E-state index contributed by atoms with van der Waals surface area (Å²) < 4.78 is 5.48. The Morgan fingerprint density at radius 2 is 0.794 bits per heavy atom. The Bertz CT molecular complexity index is 1020. The topological polar surface area (TPSA) is 95.9 Å². The third-order valence-corrected chi connectivity index (χ3v) is 12.7. The van der Waals surface area contributed by atoms with Crippen molar-refractivity contribution in [3.63, 3.8) is 0 Å². The number of hydrogen-bond acceptors (Lipinski definition) is 5. The lowest BCUT2D eigenvalue weighted by Crippen LogP contribution is -2.45. The Morgan fingerprint density at radius 3 is 1.22 bits per heavy atom. The molecule has 0 fully saturated rings. The number of unbranched alkanes of at least 4 members (excludes halogenated alkanes) is 36. The fourth-order valence-corrected chi connectivity index (χ4v) is 8.37. The Morgan fingerprint density at radius 1 is 0.444 bits per heavy atom. The van der Waals surface area contributed by atoms with Crippen LogP contribution in [0.5, 0.6) is 0 Å². The van der Waals surface area contributed by atoms with Gasteiger partial charge in [-0.1, -0.05) is 249 Å². The SMILES string of the molecule is CCCCCC/C=C\C/C=C\CCCCCCCCCC(=O)OCCCCCCCCCCCCCCCCCCC(=O)NC(CO)C(O)/C=C/CCCCCCCCCCCC. The van der Waals surface area contributed by atoms with E-state index in [0.29, 0.717) is 19.4 Å². The second-order valence-corrected chi connectivity index (χ2v) is 18.9. The normalized spacial score (nSPS) is 12.9. The average molecular weight is 886 g/mol. The fraction of sp³-hybridized carbons (Fsp3) is 0.860. The van der Waals surface area contributed by atoms with E-state index in [1.54, 1.807) is 6.08 Å². The van der Waals surface area contributed by atoms with Crippen molar-refractivity contribution >= 4 is 11.9 Å². The summed E-state index contributed by atoms with van der Waals surface area (Å²) in [5, 5.41) is 23.0. The number of ether oxygens (including phenoxy) is 1. The zero-order chi connectivity index (χ0) is 45.8. The molecule has 0 aromatic heterocycles. The zero-order valence-corrected chi connectivity index (χ0v) is 42.1. The van der Waals surface area contributed by atoms with E-state index in [-0.39, 0.29) is 18.5 Å². The smallest absolute Gasteiger partial charge is 0.305 e. The first kappa shape index (κ1) is 61.1. The van der Waals surface area contributed by atoms with Crippen molar-refractivity contribution in [2.24, 2.45) is 0 Å². The van der Waals surface area contributed by atoms with Crippen molar-refractivity contribution in [2.75, 3.05) is 13.2 Å². The van der Waals surface area contributed by atoms with E-state index in [1.165, 1.54) is 205 Å². The molecule has 2 atom stereocenters. The molecule has 0 aromatic rings. The van der Waals surface area contributed by atoms with Gasteiger partial charge in [0.05, 0.1) is 25.4 Å². The van der Waals surface area contributed by atoms with E-state index < -0.39 is 12.1 Å². The molecule has 1 amide bonds. The number of hydrogen-bond donors (Lipinski definition) is 3. The van der Waals surface area contributed by atoms with Crippen LogP contribution in [0.2, 0.25) is 0 Å². The Labute approximate surface area is 392 Å². The number of allylic oxidation sites excluding steroid dienone is 5. The monoisotopic (exact) mass is 886 g/mol. The second kappa shape index (κ2) is 52.7. The van der Waals surface area contributed by atoms with Crippen LogP contribution in [-0.2, 0) is 14.3 Å². The van der Waals surface area contributed by atoms with Gasteiger partial charge in [0, 0.05) is 12.8 Å². The van der Waals surface area contributed by atoms with Crippen LogP contribution in [0.15, 0.2) is 36.5 Å². The van der Waals surface area contributed by atoms with Gasteiger partial charge >= 0.3 is 5.97 Å². The van der Waals surface area contributed by atoms with Crippen molar-refractivity contribution in [1.82, 2.24) is 5.32 Å². The summed E-state index contributed by atoms with van der Waals surface area (Å²) >= 11 is 0. The first-order chi connectivity index (χ1) is 31.0. The van der Waals surface area contributed by atoms with E-state index in [1.807, 2.05) is 6.08 Å². The third kappa shape index (κ3) is 49.4. The highest BCUT2D eigenvalue weighted by Crippen LogP contribution is 2.16. The van der Waals surface area contributed by atoms with Gasteiger partial charge in [-0.05, 0) is 64.2 Å². The Kier molecular flexibility index (Phi) is 51.1. The largest absolute Gasteiger partial charge is 0.466 e. The number of carbonyl (C=O) groups excluding carboxylic acids is 2. The maximum atomic E-state index is 12.4. The number of aliphatic hydroxyl groups is 2. The summed E-state index contributed by atoms with van der Waals surface area (Å²) in [5.41, 5.74) is 0. The van der Waals surface area contributed by atoms with Crippen molar-refractivity contribution < 1.29 is 24.5 Å². The number of nitrogens with one attached hydrogen (secondary N) is 1. The van der Waals surface area contributed by atoms with Crippen molar-refractivity contribution in [2.45, 2.75) is 302 Å². The molecule has 0 bridgehead atoms. The molecule has 0 aromatic carbocycles. The molecular formula is C57H107NO5. The van der Waals surface area contributed by atoms with E-state index >= 15 is 0 Å². The van der Waals surface area contributed by atoms with Crippen LogP contribution in [0.25, 0.3) is 0 Å². The van der Waals surface area contributed by atoms with Crippen LogP contribution < -0.4 is 5.32 Å². The van der Waals surface area contributed by atoms with Crippen LogP contribution >= 0.6 is 0 Å². The fourth-order valence-electron chi connectivity index (χ4n) is 8.37. The molecule has 0 saturated carbocycles. The quantitative estimate of drug-likeness (QED) is 0.0321. The summed E-state index contributed by atoms with van der Waals surface area (Å²) in [6.07, 6.45) is 64.4. The number of aliphatic hydroxyl groups excluding tert-OH is 2. The minimum absolute atomic E-state index is 0.00560. The molecule has 0 heterocycles. The minimum atomic E-state index is -0.848. The molecule has 6 nitrogen and oxygen atoms in total. The van der Waals surface area contributed by atoms with Gasteiger partial charge in [-0.3, -0.25) is 9.59 Å². The predicted octanol–water partition coefficient (Wildman–Crippen LogP) is 16.9. The van der Waals surface area contributed by atoms with E-state index in [0.717, 1.165) is 57.8 Å². The highest BCUT2D eigenvalue weighted by Gasteiger charge is 2.18. The van der Waals surface area contributed by atoms with Gasteiger partial charge in [-0.25, -0.2) is 0 Å². The molecule has 370 valence electrons.